The first kappa shape index (κ1) is 14.0. The fraction of sp³-hybridized carbons (Fsp3) is 0.923. The van der Waals surface area contributed by atoms with Gasteiger partial charge in [0.05, 0.1) is 0 Å². The van der Waals surface area contributed by atoms with Crippen LogP contribution in [0.5, 0.6) is 0 Å². The number of amides is 1. The van der Waals surface area contributed by atoms with E-state index in [0.717, 1.165) is 32.2 Å². The third-order valence-corrected chi connectivity index (χ3v) is 4.36. The molecule has 1 amide bonds. The van der Waals surface area contributed by atoms with Gasteiger partial charge < -0.3 is 4.90 Å². The van der Waals surface area contributed by atoms with E-state index in [1.165, 1.54) is 12.8 Å². The van der Waals surface area contributed by atoms with Gasteiger partial charge in [0.2, 0.25) is 5.91 Å². The summed E-state index contributed by atoms with van der Waals surface area (Å²) >= 11 is 3.53. The highest BCUT2D eigenvalue weighted by molar-refractivity contribution is 9.09. The molecule has 1 aliphatic carbocycles. The van der Waals surface area contributed by atoms with Gasteiger partial charge in [-0.2, -0.15) is 0 Å². The van der Waals surface area contributed by atoms with Crippen LogP contribution in [0.2, 0.25) is 0 Å². The molecule has 1 fully saturated rings. The van der Waals surface area contributed by atoms with Crippen LogP contribution in [0.25, 0.3) is 0 Å². The lowest BCUT2D eigenvalue weighted by Crippen LogP contribution is -2.41. The first-order chi connectivity index (χ1) is 7.52. The minimum Gasteiger partial charge on any atom is -0.345 e. The molecule has 0 radical (unpaired) electrons. The lowest BCUT2D eigenvalue weighted by Gasteiger charge is -2.31. The fourth-order valence-electron chi connectivity index (χ4n) is 2.65. The van der Waals surface area contributed by atoms with Crippen LogP contribution in [0.4, 0.5) is 0 Å². The minimum absolute atomic E-state index is 0.0235. The molecule has 1 atom stereocenters. The summed E-state index contributed by atoms with van der Waals surface area (Å²) in [6.07, 6.45) is 6.67. The van der Waals surface area contributed by atoms with Crippen molar-refractivity contribution in [3.05, 3.63) is 0 Å². The van der Waals surface area contributed by atoms with Gasteiger partial charge in [-0.3, -0.25) is 4.79 Å². The van der Waals surface area contributed by atoms with Crippen LogP contribution in [0.1, 0.15) is 52.4 Å². The van der Waals surface area contributed by atoms with E-state index in [0.29, 0.717) is 10.7 Å². The lowest BCUT2D eigenvalue weighted by molar-refractivity contribution is -0.140. The number of hydrogen-bond acceptors (Lipinski definition) is 1. The Morgan fingerprint density at radius 3 is 2.44 bits per heavy atom. The van der Waals surface area contributed by atoms with E-state index in [2.05, 4.69) is 29.8 Å². The third-order valence-electron chi connectivity index (χ3n) is 3.90. The van der Waals surface area contributed by atoms with Gasteiger partial charge in [-0.1, -0.05) is 42.6 Å². The van der Waals surface area contributed by atoms with Crippen molar-refractivity contribution in [1.29, 1.82) is 0 Å². The largest absolute Gasteiger partial charge is 0.345 e. The normalized spacial score (nSPS) is 20.8. The van der Waals surface area contributed by atoms with Gasteiger partial charge in [0.1, 0.15) is 0 Å². The van der Waals surface area contributed by atoms with Gasteiger partial charge in [0.25, 0.3) is 0 Å². The molecule has 0 spiro atoms. The van der Waals surface area contributed by atoms with E-state index in [4.69, 9.17) is 0 Å². The molecular formula is C13H24BrNO. The molecule has 1 rings (SSSR count). The Labute approximate surface area is 108 Å². The Balaban J connectivity index is 2.54. The zero-order chi connectivity index (χ0) is 12.2. The molecule has 0 aromatic carbocycles. The summed E-state index contributed by atoms with van der Waals surface area (Å²) in [7, 11) is 1.95. The van der Waals surface area contributed by atoms with E-state index >= 15 is 0 Å². The highest BCUT2D eigenvalue weighted by atomic mass is 79.9. The summed E-state index contributed by atoms with van der Waals surface area (Å²) in [5.41, 5.74) is -0.0235. The number of carbonyl (C=O) groups is 1. The zero-order valence-corrected chi connectivity index (χ0v) is 12.3. The van der Waals surface area contributed by atoms with Gasteiger partial charge in [-0.15, -0.1) is 0 Å². The summed E-state index contributed by atoms with van der Waals surface area (Å²) in [6.45, 7) is 5.15. The number of carbonyl (C=O) groups excluding carboxylic acids is 1. The summed E-state index contributed by atoms with van der Waals surface area (Å²) in [6, 6.07) is 0. The average molecular weight is 290 g/mol. The molecule has 0 aliphatic heterocycles. The molecule has 0 bridgehead atoms. The Bertz CT molecular complexity index is 234. The summed E-state index contributed by atoms with van der Waals surface area (Å²) in [5, 5.41) is 0. The second kappa shape index (κ2) is 6.04. The standard InChI is InChI=1S/C13H24BrNO/c1-4-13(8-5-6-9-13)12(16)15(3)10-7-11(2)14/h11H,4-10H2,1-3H3. The van der Waals surface area contributed by atoms with Crippen LogP contribution in [0.15, 0.2) is 0 Å². The number of halogens is 1. The Morgan fingerprint density at radius 2 is 2.00 bits per heavy atom. The smallest absolute Gasteiger partial charge is 0.228 e. The topological polar surface area (TPSA) is 20.3 Å². The van der Waals surface area contributed by atoms with Crippen LogP contribution in [0, 0.1) is 5.41 Å². The Kier molecular flexibility index (Phi) is 5.29. The van der Waals surface area contributed by atoms with Crippen LogP contribution in [0.3, 0.4) is 0 Å². The molecular weight excluding hydrogens is 266 g/mol. The third kappa shape index (κ3) is 3.22. The van der Waals surface area contributed by atoms with Gasteiger partial charge in [0, 0.05) is 23.8 Å². The summed E-state index contributed by atoms with van der Waals surface area (Å²) in [4.78, 5) is 14.8. The predicted molar refractivity (Wildman–Crippen MR) is 71.8 cm³/mol. The molecule has 2 nitrogen and oxygen atoms in total. The molecule has 0 N–H and O–H groups in total. The van der Waals surface area contributed by atoms with Crippen molar-refractivity contribution in [3.8, 4) is 0 Å². The second-order valence-corrected chi connectivity index (χ2v) is 6.70. The van der Waals surface area contributed by atoms with E-state index < -0.39 is 0 Å². The number of alkyl halides is 1. The molecule has 1 unspecified atom stereocenters. The van der Waals surface area contributed by atoms with Crippen LogP contribution >= 0.6 is 15.9 Å². The molecule has 0 aromatic heterocycles. The van der Waals surface area contributed by atoms with E-state index in [1.807, 2.05) is 11.9 Å². The first-order valence-electron chi connectivity index (χ1n) is 6.41. The molecule has 1 aliphatic rings. The maximum absolute atomic E-state index is 12.4. The van der Waals surface area contributed by atoms with E-state index in [9.17, 15) is 4.79 Å². The van der Waals surface area contributed by atoms with Crippen LogP contribution in [-0.2, 0) is 4.79 Å². The number of hydrogen-bond donors (Lipinski definition) is 0. The van der Waals surface area contributed by atoms with Crippen molar-refractivity contribution in [2.75, 3.05) is 13.6 Å². The molecule has 3 heteroatoms. The van der Waals surface area contributed by atoms with E-state index in [1.54, 1.807) is 0 Å². The maximum atomic E-state index is 12.4. The molecule has 0 saturated heterocycles. The monoisotopic (exact) mass is 289 g/mol. The Morgan fingerprint density at radius 1 is 1.44 bits per heavy atom. The SMILES string of the molecule is CCC1(C(=O)N(C)CCC(C)Br)CCCC1. The van der Waals surface area contributed by atoms with Crippen LogP contribution < -0.4 is 0 Å². The van der Waals surface area contributed by atoms with Gasteiger partial charge >= 0.3 is 0 Å². The molecule has 94 valence electrons. The highest BCUT2D eigenvalue weighted by Gasteiger charge is 2.40. The predicted octanol–water partition coefficient (Wildman–Crippen LogP) is 3.59. The second-order valence-electron chi connectivity index (χ2n) is 5.14. The van der Waals surface area contributed by atoms with Gasteiger partial charge in [-0.25, -0.2) is 0 Å². The fourth-order valence-corrected chi connectivity index (χ4v) is 2.85. The molecule has 0 heterocycles. The van der Waals surface area contributed by atoms with Crippen molar-refractivity contribution < 1.29 is 4.79 Å². The lowest BCUT2D eigenvalue weighted by atomic mass is 9.82. The molecule has 16 heavy (non-hydrogen) atoms. The number of nitrogens with zero attached hydrogens (tertiary/aromatic N) is 1. The van der Waals surface area contributed by atoms with E-state index in [-0.39, 0.29) is 5.41 Å². The highest BCUT2D eigenvalue weighted by Crippen LogP contribution is 2.42. The average Bonchev–Trinajstić information content (AvgIpc) is 2.74. The van der Waals surface area contributed by atoms with Crippen molar-refractivity contribution in [2.45, 2.75) is 57.2 Å². The van der Waals surface area contributed by atoms with Crippen molar-refractivity contribution >= 4 is 21.8 Å². The molecule has 1 saturated carbocycles. The number of rotatable bonds is 5. The summed E-state index contributed by atoms with van der Waals surface area (Å²) < 4.78 is 0. The van der Waals surface area contributed by atoms with Crippen molar-refractivity contribution in [2.24, 2.45) is 5.41 Å². The molecule has 0 aromatic rings. The van der Waals surface area contributed by atoms with Crippen molar-refractivity contribution in [3.63, 3.8) is 0 Å². The quantitative estimate of drug-likeness (QED) is 0.709. The van der Waals surface area contributed by atoms with Crippen LogP contribution in [-0.4, -0.2) is 29.2 Å². The Hall–Kier alpha value is -0.0500. The summed E-state index contributed by atoms with van der Waals surface area (Å²) in [5.74, 6) is 0.376. The maximum Gasteiger partial charge on any atom is 0.228 e. The minimum atomic E-state index is -0.0235. The zero-order valence-electron chi connectivity index (χ0n) is 10.8. The van der Waals surface area contributed by atoms with Crippen molar-refractivity contribution in [1.82, 2.24) is 4.90 Å². The van der Waals surface area contributed by atoms with Gasteiger partial charge in [0.15, 0.2) is 0 Å². The first-order valence-corrected chi connectivity index (χ1v) is 7.33. The van der Waals surface area contributed by atoms with Gasteiger partial charge in [-0.05, 0) is 25.7 Å².